The Balaban J connectivity index is 1.21. The number of para-hydroxylation sites is 1. The van der Waals surface area contributed by atoms with Gasteiger partial charge in [0.2, 0.25) is 0 Å². The Hall–Kier alpha value is -2.84. The Bertz CT molecular complexity index is 1460. The quantitative estimate of drug-likeness (QED) is 0.279. The number of nitrogens with zero attached hydrogens (tertiary/aromatic N) is 4. The summed E-state index contributed by atoms with van der Waals surface area (Å²) >= 11 is 19.5. The second kappa shape index (κ2) is 9.48. The van der Waals surface area contributed by atoms with Crippen LogP contribution in [0.3, 0.4) is 0 Å². The fourth-order valence-corrected chi connectivity index (χ4v) is 5.68. The topological polar surface area (TPSA) is 63.4 Å². The van der Waals surface area contributed by atoms with Gasteiger partial charge in [-0.15, -0.1) is 0 Å². The van der Waals surface area contributed by atoms with Gasteiger partial charge in [-0.3, -0.25) is 0 Å². The summed E-state index contributed by atoms with van der Waals surface area (Å²) in [6.07, 6.45) is 5.59. The Morgan fingerprint density at radius 1 is 1.03 bits per heavy atom. The zero-order valence-corrected chi connectivity index (χ0v) is 21.8. The van der Waals surface area contributed by atoms with Gasteiger partial charge in [0, 0.05) is 17.3 Å². The number of rotatable bonds is 7. The zero-order chi connectivity index (χ0) is 25.7. The van der Waals surface area contributed by atoms with Gasteiger partial charge < -0.3 is 14.7 Å². The second-order valence-corrected chi connectivity index (χ2v) is 10.7. The third kappa shape index (κ3) is 4.55. The molecule has 0 amide bonds. The normalized spacial score (nSPS) is 16.5. The standard InChI is InChI=1S/C27H22Cl3FN4O2/c28-20-3-1-4-21(29)25(20)35-24(18(12-33-35)16-6-7-16)13-37-17-8-9-19(22(30)11-17)27(36)14-34(15-27)26-23(31)5-2-10-32-26/h1-5,8-12,16,36H,6-7,13-15H2. The monoisotopic (exact) mass is 558 g/mol. The molecule has 10 heteroatoms. The van der Waals surface area contributed by atoms with Gasteiger partial charge in [-0.25, -0.2) is 14.1 Å². The molecule has 1 aliphatic heterocycles. The number of hydrogen-bond acceptors (Lipinski definition) is 5. The smallest absolute Gasteiger partial charge is 0.165 e. The molecule has 2 fully saturated rings. The summed E-state index contributed by atoms with van der Waals surface area (Å²) in [5, 5.41) is 17.1. The van der Waals surface area contributed by atoms with E-state index in [0.29, 0.717) is 38.0 Å². The molecule has 1 saturated carbocycles. The molecule has 0 bridgehead atoms. The maximum Gasteiger partial charge on any atom is 0.165 e. The first-order chi connectivity index (χ1) is 17.8. The van der Waals surface area contributed by atoms with Crippen LogP contribution in [0.25, 0.3) is 5.69 Å². The van der Waals surface area contributed by atoms with Gasteiger partial charge in [-0.1, -0.05) is 46.9 Å². The fraction of sp³-hybridized carbons (Fsp3) is 0.259. The number of halogens is 4. The molecule has 0 atom stereocenters. The first kappa shape index (κ1) is 24.5. The summed E-state index contributed by atoms with van der Waals surface area (Å²) in [5.41, 5.74) is 1.96. The van der Waals surface area contributed by atoms with E-state index >= 15 is 0 Å². The largest absolute Gasteiger partial charge is 0.487 e. The van der Waals surface area contributed by atoms with Gasteiger partial charge in [-0.05, 0) is 55.2 Å². The molecule has 0 spiro atoms. The average molecular weight is 560 g/mol. The SMILES string of the molecule is OC1(c2ccc(OCc3c(C4CC4)cnn3-c3c(Cl)cccc3Cl)cc2Cl)CN(c2ncccc2F)C1. The zero-order valence-electron chi connectivity index (χ0n) is 19.5. The summed E-state index contributed by atoms with van der Waals surface area (Å²) in [5.74, 6) is 0.774. The van der Waals surface area contributed by atoms with Crippen molar-refractivity contribution in [2.75, 3.05) is 18.0 Å². The van der Waals surface area contributed by atoms with E-state index in [9.17, 15) is 9.50 Å². The maximum absolute atomic E-state index is 14.1. The maximum atomic E-state index is 14.1. The molecule has 2 aromatic heterocycles. The van der Waals surface area contributed by atoms with E-state index in [0.717, 1.165) is 24.1 Å². The Kier molecular flexibility index (Phi) is 6.27. The van der Waals surface area contributed by atoms with Crippen molar-refractivity contribution in [2.24, 2.45) is 0 Å². The molecular weight excluding hydrogens is 538 g/mol. The van der Waals surface area contributed by atoms with Gasteiger partial charge in [0.15, 0.2) is 11.6 Å². The predicted molar refractivity (Wildman–Crippen MR) is 142 cm³/mol. The average Bonchev–Trinajstić information content (AvgIpc) is 3.61. The number of hydrogen-bond donors (Lipinski definition) is 1. The molecule has 1 N–H and O–H groups in total. The minimum Gasteiger partial charge on any atom is -0.487 e. The van der Waals surface area contributed by atoms with Crippen LogP contribution in [-0.2, 0) is 12.2 Å². The summed E-state index contributed by atoms with van der Waals surface area (Å²) in [6.45, 7) is 0.604. The van der Waals surface area contributed by atoms with Crippen LogP contribution >= 0.6 is 34.8 Å². The lowest BCUT2D eigenvalue weighted by Gasteiger charge is -2.47. The van der Waals surface area contributed by atoms with E-state index < -0.39 is 11.4 Å². The molecule has 0 unspecified atom stereocenters. The number of benzene rings is 2. The highest BCUT2D eigenvalue weighted by Gasteiger charge is 2.45. The van der Waals surface area contributed by atoms with Crippen molar-refractivity contribution in [1.29, 1.82) is 0 Å². The van der Waals surface area contributed by atoms with Gasteiger partial charge in [0.1, 0.15) is 23.6 Å². The van der Waals surface area contributed by atoms with E-state index in [2.05, 4.69) is 10.1 Å². The van der Waals surface area contributed by atoms with E-state index in [1.807, 2.05) is 6.20 Å². The highest BCUT2D eigenvalue weighted by Crippen LogP contribution is 2.44. The molecule has 1 saturated heterocycles. The summed E-state index contributed by atoms with van der Waals surface area (Å²) in [7, 11) is 0. The van der Waals surface area contributed by atoms with Crippen LogP contribution in [0.5, 0.6) is 5.75 Å². The van der Waals surface area contributed by atoms with Crippen molar-refractivity contribution < 1.29 is 14.2 Å². The molecule has 6 rings (SSSR count). The molecular formula is C27H22Cl3FN4O2. The van der Waals surface area contributed by atoms with Crippen LogP contribution in [0.2, 0.25) is 15.1 Å². The fourth-order valence-electron chi connectivity index (χ4n) is 4.78. The van der Waals surface area contributed by atoms with E-state index in [1.165, 1.54) is 18.3 Å². The highest BCUT2D eigenvalue weighted by molar-refractivity contribution is 6.37. The molecule has 37 heavy (non-hydrogen) atoms. The molecule has 2 aliphatic rings. The number of pyridine rings is 1. The second-order valence-electron chi connectivity index (χ2n) is 9.43. The van der Waals surface area contributed by atoms with Crippen LogP contribution in [0.4, 0.5) is 10.2 Å². The van der Waals surface area contributed by atoms with Crippen molar-refractivity contribution in [3.05, 3.63) is 98.6 Å². The molecule has 190 valence electrons. The number of ether oxygens (including phenoxy) is 1. The van der Waals surface area contributed by atoms with Gasteiger partial charge in [0.05, 0.1) is 40.0 Å². The van der Waals surface area contributed by atoms with Crippen molar-refractivity contribution in [1.82, 2.24) is 14.8 Å². The first-order valence-corrected chi connectivity index (χ1v) is 13.0. The lowest BCUT2D eigenvalue weighted by atomic mass is 9.86. The van der Waals surface area contributed by atoms with Crippen molar-refractivity contribution >= 4 is 40.6 Å². The van der Waals surface area contributed by atoms with Crippen molar-refractivity contribution in [2.45, 2.75) is 31.0 Å². The molecule has 1 aliphatic carbocycles. The third-order valence-electron chi connectivity index (χ3n) is 6.83. The van der Waals surface area contributed by atoms with Crippen molar-refractivity contribution in [3.63, 3.8) is 0 Å². The summed E-state index contributed by atoms with van der Waals surface area (Å²) in [6, 6.07) is 13.4. The minimum atomic E-state index is -1.21. The van der Waals surface area contributed by atoms with E-state index in [-0.39, 0.29) is 25.5 Å². The first-order valence-electron chi connectivity index (χ1n) is 11.9. The molecule has 0 radical (unpaired) electrons. The number of anilines is 1. The lowest BCUT2D eigenvalue weighted by molar-refractivity contribution is 0.00672. The molecule has 6 nitrogen and oxygen atoms in total. The van der Waals surface area contributed by atoms with Crippen molar-refractivity contribution in [3.8, 4) is 11.4 Å². The van der Waals surface area contributed by atoms with Crippen LogP contribution < -0.4 is 9.64 Å². The lowest BCUT2D eigenvalue weighted by Crippen LogP contribution is -2.60. The summed E-state index contributed by atoms with van der Waals surface area (Å²) < 4.78 is 21.9. The summed E-state index contributed by atoms with van der Waals surface area (Å²) in [4.78, 5) is 5.75. The van der Waals surface area contributed by atoms with Gasteiger partial charge in [-0.2, -0.15) is 5.10 Å². The Morgan fingerprint density at radius 2 is 1.78 bits per heavy atom. The molecule has 2 aromatic carbocycles. The van der Waals surface area contributed by atoms with E-state index in [4.69, 9.17) is 39.5 Å². The van der Waals surface area contributed by atoms with Crippen LogP contribution in [0, 0.1) is 5.82 Å². The Labute approximate surface area is 228 Å². The highest BCUT2D eigenvalue weighted by atomic mass is 35.5. The molecule has 4 aromatic rings. The van der Waals surface area contributed by atoms with E-state index in [1.54, 1.807) is 46.0 Å². The Morgan fingerprint density at radius 3 is 2.46 bits per heavy atom. The van der Waals surface area contributed by atoms with Gasteiger partial charge in [0.25, 0.3) is 0 Å². The predicted octanol–water partition coefficient (Wildman–Crippen LogP) is 6.53. The number of aliphatic hydroxyl groups is 1. The molecule has 3 heterocycles. The minimum absolute atomic E-state index is 0.184. The third-order valence-corrected chi connectivity index (χ3v) is 7.75. The van der Waals surface area contributed by atoms with Crippen LogP contribution in [-0.4, -0.2) is 33.0 Å². The van der Waals surface area contributed by atoms with Crippen LogP contribution in [0.15, 0.2) is 60.9 Å². The van der Waals surface area contributed by atoms with Gasteiger partial charge >= 0.3 is 0 Å². The van der Waals surface area contributed by atoms with Crippen LogP contribution in [0.1, 0.15) is 35.6 Å². The number of aromatic nitrogens is 3. The number of β-amino-alcohol motifs (C(OH)–C–C–N with tert-alkyl or cyclic N) is 1.